The van der Waals surface area contributed by atoms with Gasteiger partial charge in [-0.1, -0.05) is 19.1 Å². The second-order valence-corrected chi connectivity index (χ2v) is 9.03. The largest absolute Gasteiger partial charge is 0.325 e. The molecule has 4 rings (SSSR count). The molecule has 4 heterocycles. The van der Waals surface area contributed by atoms with Crippen LogP contribution in [-0.4, -0.2) is 33.5 Å². The molecule has 2 unspecified atom stereocenters. The number of thiazole rings is 1. The second kappa shape index (κ2) is 9.26. The molecule has 0 aliphatic carbocycles. The van der Waals surface area contributed by atoms with E-state index in [1.165, 1.54) is 0 Å². The van der Waals surface area contributed by atoms with Crippen molar-refractivity contribution in [3.8, 4) is 10.7 Å². The van der Waals surface area contributed by atoms with Crippen LogP contribution in [0.1, 0.15) is 31.5 Å². The Kier molecular flexibility index (Phi) is 6.43. The van der Waals surface area contributed by atoms with Gasteiger partial charge in [-0.05, 0) is 51.1 Å². The standard InChI is InChI=1S/C24H27FN6S/c1-5-16(13-26-4)24(3,25)19-9-6-10-20(30-19)31-21-12-17-18(14-28-21)32-23(29-17)22-15(2)8-7-11-27-22/h6-12,14,16,26H,5,13H2,1-4H3,(H,28,30,31). The van der Waals surface area contributed by atoms with E-state index in [9.17, 15) is 0 Å². The van der Waals surface area contributed by atoms with Crippen molar-refractivity contribution in [3.63, 3.8) is 0 Å². The minimum Gasteiger partial charge on any atom is -0.325 e. The first-order valence-corrected chi connectivity index (χ1v) is 11.5. The molecule has 6 nitrogen and oxygen atoms in total. The third-order valence-electron chi connectivity index (χ3n) is 5.70. The highest BCUT2D eigenvalue weighted by atomic mass is 32.1. The molecule has 0 aliphatic rings. The fraction of sp³-hybridized carbons (Fsp3) is 0.333. The van der Waals surface area contributed by atoms with Crippen molar-refractivity contribution in [1.29, 1.82) is 0 Å². The number of fused-ring (bicyclic) bond motifs is 1. The lowest BCUT2D eigenvalue weighted by Crippen LogP contribution is -2.34. The lowest BCUT2D eigenvalue weighted by atomic mass is 9.85. The summed E-state index contributed by atoms with van der Waals surface area (Å²) >= 11 is 1.56. The van der Waals surface area contributed by atoms with Crippen LogP contribution in [0.5, 0.6) is 0 Å². The van der Waals surface area contributed by atoms with Crippen molar-refractivity contribution >= 4 is 33.2 Å². The van der Waals surface area contributed by atoms with Crippen molar-refractivity contribution in [2.75, 3.05) is 18.9 Å². The molecule has 4 aromatic rings. The molecular formula is C24H27FN6S. The van der Waals surface area contributed by atoms with E-state index >= 15 is 4.39 Å². The lowest BCUT2D eigenvalue weighted by molar-refractivity contribution is 0.0924. The Morgan fingerprint density at radius 1 is 1.12 bits per heavy atom. The van der Waals surface area contributed by atoms with Gasteiger partial charge < -0.3 is 10.6 Å². The Balaban J connectivity index is 1.60. The molecule has 0 amide bonds. The maximum Gasteiger partial charge on any atom is 0.154 e. The van der Waals surface area contributed by atoms with Crippen molar-refractivity contribution < 1.29 is 4.39 Å². The van der Waals surface area contributed by atoms with E-state index in [0.29, 0.717) is 30.3 Å². The number of pyridine rings is 3. The van der Waals surface area contributed by atoms with Gasteiger partial charge in [0.05, 0.1) is 15.9 Å². The molecule has 2 N–H and O–H groups in total. The Labute approximate surface area is 191 Å². The highest BCUT2D eigenvalue weighted by Gasteiger charge is 2.36. The first-order chi connectivity index (χ1) is 15.4. The first kappa shape index (κ1) is 22.2. The van der Waals surface area contributed by atoms with E-state index in [-0.39, 0.29) is 5.92 Å². The number of alkyl halides is 1. The number of hydrogen-bond acceptors (Lipinski definition) is 7. The molecule has 0 aromatic carbocycles. The van der Waals surface area contributed by atoms with E-state index < -0.39 is 5.67 Å². The normalized spacial score (nSPS) is 14.3. The monoisotopic (exact) mass is 450 g/mol. The average Bonchev–Trinajstić information content (AvgIpc) is 3.21. The van der Waals surface area contributed by atoms with Crippen LogP contribution in [0.15, 0.2) is 48.8 Å². The van der Waals surface area contributed by atoms with Crippen LogP contribution < -0.4 is 10.6 Å². The summed E-state index contributed by atoms with van der Waals surface area (Å²) in [7, 11) is 1.84. The van der Waals surface area contributed by atoms with Gasteiger partial charge in [-0.15, -0.1) is 11.3 Å². The summed E-state index contributed by atoms with van der Waals surface area (Å²) in [5.41, 5.74) is 1.66. The number of aromatic nitrogens is 4. The molecule has 166 valence electrons. The molecule has 0 saturated carbocycles. The van der Waals surface area contributed by atoms with Crippen molar-refractivity contribution in [2.24, 2.45) is 5.92 Å². The van der Waals surface area contributed by atoms with Crippen LogP contribution >= 0.6 is 11.3 Å². The second-order valence-electron chi connectivity index (χ2n) is 8.00. The molecular weight excluding hydrogens is 423 g/mol. The third-order valence-corrected chi connectivity index (χ3v) is 6.72. The van der Waals surface area contributed by atoms with Gasteiger partial charge in [-0.25, -0.2) is 19.3 Å². The predicted molar refractivity (Wildman–Crippen MR) is 129 cm³/mol. The summed E-state index contributed by atoms with van der Waals surface area (Å²) in [5, 5.41) is 7.14. The van der Waals surface area contributed by atoms with Gasteiger partial charge in [0.25, 0.3) is 0 Å². The smallest absolute Gasteiger partial charge is 0.154 e. The zero-order chi connectivity index (χ0) is 22.7. The topological polar surface area (TPSA) is 75.6 Å². The molecule has 8 heteroatoms. The zero-order valence-corrected chi connectivity index (χ0v) is 19.5. The van der Waals surface area contributed by atoms with Gasteiger partial charge in [0.2, 0.25) is 0 Å². The van der Waals surface area contributed by atoms with Gasteiger partial charge in [0.1, 0.15) is 22.3 Å². The van der Waals surface area contributed by atoms with Crippen LogP contribution in [0.25, 0.3) is 20.9 Å². The van der Waals surface area contributed by atoms with Crippen LogP contribution in [0.2, 0.25) is 0 Å². The van der Waals surface area contributed by atoms with E-state index in [2.05, 4.69) is 25.6 Å². The first-order valence-electron chi connectivity index (χ1n) is 10.7. The van der Waals surface area contributed by atoms with Crippen LogP contribution in [0.4, 0.5) is 16.0 Å². The lowest BCUT2D eigenvalue weighted by Gasteiger charge is -2.29. The molecule has 0 radical (unpaired) electrons. The quantitative estimate of drug-likeness (QED) is 0.362. The van der Waals surface area contributed by atoms with E-state index in [0.717, 1.165) is 26.5 Å². The van der Waals surface area contributed by atoms with Crippen molar-refractivity contribution in [2.45, 2.75) is 32.9 Å². The van der Waals surface area contributed by atoms with E-state index in [1.54, 1.807) is 36.7 Å². The number of halogens is 1. The molecule has 0 aliphatic heterocycles. The molecule has 0 bridgehead atoms. The molecule has 0 spiro atoms. The van der Waals surface area contributed by atoms with Crippen molar-refractivity contribution in [1.82, 2.24) is 25.3 Å². The van der Waals surface area contributed by atoms with Crippen LogP contribution in [0.3, 0.4) is 0 Å². The maximum absolute atomic E-state index is 15.6. The summed E-state index contributed by atoms with van der Waals surface area (Å²) in [6.45, 7) is 6.21. The maximum atomic E-state index is 15.6. The van der Waals surface area contributed by atoms with Gasteiger partial charge in [-0.2, -0.15) is 0 Å². The fourth-order valence-electron chi connectivity index (χ4n) is 3.80. The van der Waals surface area contributed by atoms with E-state index in [4.69, 9.17) is 4.98 Å². The number of nitrogens with one attached hydrogen (secondary N) is 2. The van der Waals surface area contributed by atoms with Gasteiger partial charge in [0.15, 0.2) is 5.67 Å². The summed E-state index contributed by atoms with van der Waals surface area (Å²) in [4.78, 5) is 18.3. The third kappa shape index (κ3) is 4.47. The Morgan fingerprint density at radius 3 is 2.72 bits per heavy atom. The Morgan fingerprint density at radius 2 is 1.97 bits per heavy atom. The number of hydrogen-bond donors (Lipinski definition) is 2. The van der Waals surface area contributed by atoms with Crippen molar-refractivity contribution in [3.05, 3.63) is 60.0 Å². The molecule has 32 heavy (non-hydrogen) atoms. The minimum atomic E-state index is -1.54. The average molecular weight is 451 g/mol. The molecule has 0 saturated heterocycles. The SMILES string of the molecule is CCC(CNC)C(C)(F)c1cccc(Nc2cc3nc(-c4ncccc4C)sc3cn2)n1. The summed E-state index contributed by atoms with van der Waals surface area (Å²) in [5.74, 6) is 0.987. The van der Waals surface area contributed by atoms with Crippen LogP contribution in [0, 0.1) is 12.8 Å². The minimum absolute atomic E-state index is 0.173. The van der Waals surface area contributed by atoms with Gasteiger partial charge in [-0.3, -0.25) is 4.98 Å². The highest BCUT2D eigenvalue weighted by molar-refractivity contribution is 7.21. The summed E-state index contributed by atoms with van der Waals surface area (Å²) < 4.78 is 16.6. The fourth-order valence-corrected chi connectivity index (χ4v) is 4.77. The summed E-state index contributed by atoms with van der Waals surface area (Å²) in [6, 6.07) is 11.2. The predicted octanol–water partition coefficient (Wildman–Crippen LogP) is 5.63. The summed E-state index contributed by atoms with van der Waals surface area (Å²) in [6.07, 6.45) is 4.28. The number of rotatable bonds is 8. The molecule has 0 fully saturated rings. The molecule has 2 atom stereocenters. The Hall–Kier alpha value is -2.97. The van der Waals surface area contributed by atoms with Gasteiger partial charge >= 0.3 is 0 Å². The number of anilines is 2. The Bertz CT molecular complexity index is 1220. The van der Waals surface area contributed by atoms with E-state index in [1.807, 2.05) is 51.2 Å². The number of aryl methyl sites for hydroxylation is 1. The van der Waals surface area contributed by atoms with Gasteiger partial charge in [0, 0.05) is 30.9 Å². The molecule has 4 aromatic heterocycles. The van der Waals surface area contributed by atoms with Crippen LogP contribution in [-0.2, 0) is 5.67 Å². The highest BCUT2D eigenvalue weighted by Crippen LogP contribution is 2.35. The zero-order valence-electron chi connectivity index (χ0n) is 18.7. The number of nitrogens with zero attached hydrogens (tertiary/aromatic N) is 4.